The lowest BCUT2D eigenvalue weighted by Gasteiger charge is -2.62. The van der Waals surface area contributed by atoms with E-state index in [-0.39, 0.29) is 29.7 Å². The number of fused-ring (bicyclic) bond motifs is 5. The molecule has 340 valence electrons. The zero-order valence-corrected chi connectivity index (χ0v) is 37.0. The summed E-state index contributed by atoms with van der Waals surface area (Å²) in [6.07, 6.45) is -5.83. The van der Waals surface area contributed by atoms with Gasteiger partial charge in [0, 0.05) is 29.7 Å². The Morgan fingerprint density at radius 2 is 1.57 bits per heavy atom. The minimum atomic E-state index is -2.21. The number of nitrogens with one attached hydrogen (secondary N) is 1. The molecule has 2 aromatic rings. The molecular formula is C48H60N2O13. The number of Topliss-reactive ketones (excluding diaryl/α,β-unsaturated/α-hetero) is 1. The maximum absolute atomic E-state index is 14.9. The molecule has 2 saturated carbocycles. The van der Waals surface area contributed by atoms with Crippen LogP contribution in [0, 0.1) is 16.7 Å². The molecule has 2 bridgehead atoms. The number of likely N-dealkylation sites (tertiary alicyclic amines) is 1. The number of hydrogen-bond donors (Lipinski definition) is 4. The highest BCUT2D eigenvalue weighted by Crippen LogP contribution is 2.62. The van der Waals surface area contributed by atoms with E-state index in [0.29, 0.717) is 24.2 Å². The van der Waals surface area contributed by atoms with E-state index < -0.39 is 107 Å². The van der Waals surface area contributed by atoms with Crippen LogP contribution in [0.2, 0.25) is 0 Å². The van der Waals surface area contributed by atoms with E-state index in [9.17, 15) is 39.3 Å². The molecule has 2 aromatic carbocycles. The van der Waals surface area contributed by atoms with Crippen molar-refractivity contribution in [2.45, 2.75) is 134 Å². The van der Waals surface area contributed by atoms with Gasteiger partial charge in [-0.2, -0.15) is 0 Å². The van der Waals surface area contributed by atoms with Crippen molar-refractivity contribution in [3.63, 3.8) is 0 Å². The molecular weight excluding hydrogens is 813 g/mol. The number of carbonyl (C=O) groups excluding carboxylic acids is 5. The number of amides is 1. The average Bonchev–Trinajstić information content (AvgIpc) is 3.22. The fourth-order valence-corrected chi connectivity index (χ4v) is 10.3. The zero-order chi connectivity index (χ0) is 45.6. The molecule has 63 heavy (non-hydrogen) atoms. The number of aliphatic hydroxyl groups is 3. The van der Waals surface area contributed by atoms with Crippen molar-refractivity contribution >= 4 is 29.8 Å². The highest BCUT2D eigenvalue weighted by molar-refractivity contribution is 5.94. The second-order valence-electron chi connectivity index (χ2n) is 19.3. The van der Waals surface area contributed by atoms with Crippen LogP contribution in [-0.4, -0.2) is 117 Å². The Labute approximate surface area is 367 Å². The van der Waals surface area contributed by atoms with E-state index in [0.717, 1.165) is 19.3 Å². The van der Waals surface area contributed by atoms with Crippen molar-refractivity contribution in [2.24, 2.45) is 16.7 Å². The molecule has 15 heteroatoms. The summed E-state index contributed by atoms with van der Waals surface area (Å²) in [6.45, 7) is 12.5. The van der Waals surface area contributed by atoms with Crippen LogP contribution in [-0.2, 0) is 38.1 Å². The Hall–Kier alpha value is -5.09. The van der Waals surface area contributed by atoms with E-state index >= 15 is 0 Å². The number of ketones is 1. The lowest BCUT2D eigenvalue weighted by atomic mass is 9.47. The number of hydrogen-bond acceptors (Lipinski definition) is 14. The summed E-state index contributed by atoms with van der Waals surface area (Å²) in [5.74, 6) is -4.65. The molecule has 3 aliphatic carbocycles. The van der Waals surface area contributed by atoms with E-state index in [2.05, 4.69) is 5.32 Å². The average molecular weight is 873 g/mol. The molecule has 0 spiro atoms. The summed E-state index contributed by atoms with van der Waals surface area (Å²) in [7, 11) is 0. The third-order valence-electron chi connectivity index (χ3n) is 13.8. The van der Waals surface area contributed by atoms with E-state index in [4.69, 9.17) is 23.7 Å². The van der Waals surface area contributed by atoms with Crippen molar-refractivity contribution in [1.82, 2.24) is 10.2 Å². The van der Waals surface area contributed by atoms with Gasteiger partial charge in [0.05, 0.1) is 29.9 Å². The normalized spacial score (nSPS) is 31.1. The predicted molar refractivity (Wildman–Crippen MR) is 226 cm³/mol. The van der Waals surface area contributed by atoms with Gasteiger partial charge >= 0.3 is 24.0 Å². The van der Waals surface area contributed by atoms with Gasteiger partial charge < -0.3 is 44.3 Å². The molecule has 1 amide bonds. The van der Waals surface area contributed by atoms with Gasteiger partial charge in [-0.15, -0.1) is 0 Å². The third-order valence-corrected chi connectivity index (χ3v) is 13.8. The summed E-state index contributed by atoms with van der Waals surface area (Å²) in [5, 5.41) is 40.2. The van der Waals surface area contributed by atoms with Crippen molar-refractivity contribution < 1.29 is 63.0 Å². The van der Waals surface area contributed by atoms with E-state index in [1.807, 2.05) is 4.90 Å². The van der Waals surface area contributed by atoms with Crippen LogP contribution in [0.3, 0.4) is 0 Å². The largest absolute Gasteiger partial charge is 0.493 e. The first-order chi connectivity index (χ1) is 29.7. The van der Waals surface area contributed by atoms with E-state index in [1.54, 1.807) is 102 Å². The minimum Gasteiger partial charge on any atom is -0.493 e. The number of piperidine rings is 1. The maximum atomic E-state index is 14.9. The smallest absolute Gasteiger partial charge is 0.408 e. The Morgan fingerprint density at radius 1 is 0.937 bits per heavy atom. The van der Waals surface area contributed by atoms with Gasteiger partial charge in [-0.3, -0.25) is 14.5 Å². The SMILES string of the molecule is CC1=C2[C@@H](O)C(=O)[C@@]3(C)C(C4=CO[C@@H]4C[C@@H]3O)[C@H](OC(=O)c3ccccc3)[C@](O)(C[C@@H]1OC(=O)[C@H](OC(=O)CN1CCCCC1)[C@@H](NC(=O)OC(C)(C)C)c1ccccc1)C2(C)C. The number of aliphatic hydroxyl groups excluding tert-OH is 2. The first-order valence-corrected chi connectivity index (χ1v) is 21.8. The number of carbonyl (C=O) groups is 5. The zero-order valence-electron chi connectivity index (χ0n) is 37.0. The quantitative estimate of drug-likeness (QED) is 0.143. The number of rotatable bonds is 10. The minimum absolute atomic E-state index is 0.0118. The van der Waals surface area contributed by atoms with Crippen LogP contribution in [0.1, 0.15) is 103 Å². The Balaban J connectivity index is 1.32. The molecule has 4 N–H and O–H groups in total. The molecule has 5 aliphatic rings. The highest BCUT2D eigenvalue weighted by Gasteiger charge is 2.71. The standard InChI is InChI=1S/C48H60N2O13/c1-27-32(60-43(56)39(61-34(52)25-50-21-15-10-16-22-50)37(28-17-11-8-12-18-28)49-44(57)63-45(2,3)4)24-48(58)41(62-42(55)29-19-13-9-14-20-29)36-30-26-59-31(30)23-33(51)47(36,7)40(54)38(53)35(27)46(48,5)6/h8-9,11-14,17-20,26,31-33,36-39,41,51,53,58H,10,15-16,21-25H2,1-7H3,(H,49,57)/t31-,32+,33+,36?,37+,38-,39-,41+,47-,48-/m1/s1. The summed E-state index contributed by atoms with van der Waals surface area (Å²) in [4.78, 5) is 73.1. The number of esters is 3. The molecule has 10 atom stereocenters. The highest BCUT2D eigenvalue weighted by atomic mass is 16.6. The molecule has 2 heterocycles. The van der Waals surface area contributed by atoms with Crippen LogP contribution < -0.4 is 5.32 Å². The van der Waals surface area contributed by atoms with Gasteiger partial charge in [0.15, 0.2) is 5.78 Å². The fourth-order valence-electron chi connectivity index (χ4n) is 10.3. The molecule has 15 nitrogen and oxygen atoms in total. The van der Waals surface area contributed by atoms with Crippen molar-refractivity contribution in [2.75, 3.05) is 19.6 Å². The number of benzene rings is 2. The molecule has 1 saturated heterocycles. The second kappa shape index (κ2) is 17.5. The maximum Gasteiger partial charge on any atom is 0.408 e. The molecule has 2 aliphatic heterocycles. The number of alkyl carbamates (subject to hydrolysis) is 1. The number of nitrogens with zero attached hydrogens (tertiary/aromatic N) is 1. The molecule has 7 rings (SSSR count). The van der Waals surface area contributed by atoms with Crippen LogP contribution >= 0.6 is 0 Å². The monoisotopic (exact) mass is 872 g/mol. The summed E-state index contributed by atoms with van der Waals surface area (Å²) in [6, 6.07) is 15.2. The molecule has 3 fully saturated rings. The summed E-state index contributed by atoms with van der Waals surface area (Å²) in [5.41, 5.74) is -5.17. The first kappa shape index (κ1) is 45.9. The van der Waals surface area contributed by atoms with Crippen LogP contribution in [0.5, 0.6) is 0 Å². The predicted octanol–water partition coefficient (Wildman–Crippen LogP) is 4.88. The number of ether oxygens (including phenoxy) is 5. The molecule has 1 unspecified atom stereocenters. The van der Waals surface area contributed by atoms with Crippen LogP contribution in [0.15, 0.2) is 83.6 Å². The lowest BCUT2D eigenvalue weighted by molar-refractivity contribution is -0.222. The van der Waals surface area contributed by atoms with E-state index in [1.165, 1.54) is 13.2 Å². The first-order valence-electron chi connectivity index (χ1n) is 21.8. The Morgan fingerprint density at radius 3 is 2.17 bits per heavy atom. The van der Waals surface area contributed by atoms with Crippen molar-refractivity contribution in [1.29, 1.82) is 0 Å². The van der Waals surface area contributed by atoms with Crippen molar-refractivity contribution in [3.05, 3.63) is 94.8 Å². The van der Waals surface area contributed by atoms with Gasteiger partial charge in [-0.25, -0.2) is 14.4 Å². The molecule has 0 radical (unpaired) electrons. The summed E-state index contributed by atoms with van der Waals surface area (Å²) >= 11 is 0. The van der Waals surface area contributed by atoms with Gasteiger partial charge in [0.25, 0.3) is 0 Å². The van der Waals surface area contributed by atoms with Gasteiger partial charge in [-0.05, 0) is 89.4 Å². The topological polar surface area (TPSA) is 207 Å². The van der Waals surface area contributed by atoms with Gasteiger partial charge in [-0.1, -0.05) is 68.8 Å². The Kier molecular flexibility index (Phi) is 12.7. The summed E-state index contributed by atoms with van der Waals surface area (Å²) < 4.78 is 30.0. The fraction of sp³-hybridized carbons (Fsp3) is 0.562. The van der Waals surface area contributed by atoms with Crippen LogP contribution in [0.25, 0.3) is 0 Å². The second-order valence-corrected chi connectivity index (χ2v) is 19.3. The van der Waals surface area contributed by atoms with Crippen LogP contribution in [0.4, 0.5) is 4.79 Å². The lowest BCUT2D eigenvalue weighted by Crippen LogP contribution is -2.72. The van der Waals surface area contributed by atoms with Gasteiger partial charge in [0.2, 0.25) is 6.10 Å². The van der Waals surface area contributed by atoms with Gasteiger partial charge in [0.1, 0.15) is 41.7 Å². The third kappa shape index (κ3) is 8.64. The van der Waals surface area contributed by atoms with Crippen molar-refractivity contribution in [3.8, 4) is 0 Å². The Bertz CT molecular complexity index is 2140. The molecule has 0 aromatic heterocycles.